The Labute approximate surface area is 109 Å². The van der Waals surface area contributed by atoms with Gasteiger partial charge in [0.2, 0.25) is 14.2 Å². The summed E-state index contributed by atoms with van der Waals surface area (Å²) in [5.74, 6) is -0.321. The predicted octanol–water partition coefficient (Wildman–Crippen LogP) is 1.94. The summed E-state index contributed by atoms with van der Waals surface area (Å²) in [4.78, 5) is 11.4. The Balaban J connectivity index is 4.90. The third-order valence-corrected chi connectivity index (χ3v) is 9.72. The fraction of sp³-hybridized carbons (Fsp3) is 0.750. The number of primary amides is 1. The van der Waals surface area contributed by atoms with Crippen LogP contribution in [0, 0.1) is 0 Å². The van der Waals surface area contributed by atoms with E-state index < -0.39 is 8.32 Å². The molecule has 0 aromatic rings. The Morgan fingerprint density at radius 1 is 1.29 bits per heavy atom. The van der Waals surface area contributed by atoms with Crippen LogP contribution >= 0.6 is 0 Å². The molecule has 3 nitrogen and oxygen atoms in total. The predicted molar refractivity (Wildman–Crippen MR) is 79.5 cm³/mol. The quantitative estimate of drug-likeness (QED) is 0.417. The van der Waals surface area contributed by atoms with Crippen LogP contribution in [-0.2, 0) is 9.22 Å². The molecule has 0 radical (unpaired) electrons. The van der Waals surface area contributed by atoms with Crippen LogP contribution in [0.25, 0.3) is 0 Å². The summed E-state index contributed by atoms with van der Waals surface area (Å²) in [5, 5.41) is 0. The molecule has 0 spiro atoms. The van der Waals surface area contributed by atoms with Crippen molar-refractivity contribution in [2.45, 2.75) is 57.8 Å². The Morgan fingerprint density at radius 2 is 1.76 bits per heavy atom. The van der Waals surface area contributed by atoms with E-state index in [1.807, 2.05) is 0 Å². The second kappa shape index (κ2) is 7.71. The fourth-order valence-electron chi connectivity index (χ4n) is 1.83. The second-order valence-electron chi connectivity index (χ2n) is 4.61. The highest BCUT2D eigenvalue weighted by Crippen LogP contribution is 2.24. The van der Waals surface area contributed by atoms with Gasteiger partial charge in [-0.3, -0.25) is 4.79 Å². The molecule has 0 heterocycles. The lowest BCUT2D eigenvalue weighted by Gasteiger charge is -2.27. The van der Waals surface area contributed by atoms with Crippen molar-refractivity contribution in [2.75, 3.05) is 0 Å². The first-order valence-electron chi connectivity index (χ1n) is 6.63. The first-order valence-corrected chi connectivity index (χ1v) is 10.3. The van der Waals surface area contributed by atoms with Crippen molar-refractivity contribution in [3.63, 3.8) is 0 Å². The standard InChI is InChI=1S/C12H27NO2Si2/c1-5-11(16)10(12(13)14)9-15-17(6-2,7-3)8-4/h9,11H,5-8H2,1-4,16H3,(H2,13,14). The van der Waals surface area contributed by atoms with Gasteiger partial charge in [-0.05, 0) is 23.7 Å². The highest BCUT2D eigenvalue weighted by Gasteiger charge is 2.30. The van der Waals surface area contributed by atoms with Crippen molar-refractivity contribution in [1.82, 2.24) is 0 Å². The number of nitrogens with two attached hydrogens (primary N) is 1. The molecule has 1 atom stereocenters. The van der Waals surface area contributed by atoms with Crippen molar-refractivity contribution in [1.29, 1.82) is 0 Å². The van der Waals surface area contributed by atoms with Gasteiger partial charge in [0.25, 0.3) is 0 Å². The number of rotatable bonds is 8. The molecule has 1 amide bonds. The van der Waals surface area contributed by atoms with Crippen molar-refractivity contribution in [3.05, 3.63) is 11.8 Å². The molecule has 0 aromatic carbocycles. The van der Waals surface area contributed by atoms with Gasteiger partial charge >= 0.3 is 0 Å². The van der Waals surface area contributed by atoms with E-state index >= 15 is 0 Å². The molecule has 0 bridgehead atoms. The molecule has 17 heavy (non-hydrogen) atoms. The minimum Gasteiger partial charge on any atom is -0.548 e. The topological polar surface area (TPSA) is 52.3 Å². The largest absolute Gasteiger partial charge is 0.548 e. The number of hydrogen-bond donors (Lipinski definition) is 1. The number of hydrogen-bond acceptors (Lipinski definition) is 2. The van der Waals surface area contributed by atoms with Crippen molar-refractivity contribution in [2.24, 2.45) is 5.73 Å². The van der Waals surface area contributed by atoms with E-state index in [0.717, 1.165) is 34.8 Å². The van der Waals surface area contributed by atoms with Crippen LogP contribution in [-0.4, -0.2) is 24.5 Å². The van der Waals surface area contributed by atoms with Crippen LogP contribution in [0.3, 0.4) is 0 Å². The molecule has 1 unspecified atom stereocenters. The lowest BCUT2D eigenvalue weighted by Crippen LogP contribution is -2.34. The average molecular weight is 274 g/mol. The van der Waals surface area contributed by atoms with E-state index in [1.54, 1.807) is 6.26 Å². The van der Waals surface area contributed by atoms with Gasteiger partial charge in [-0.15, -0.1) is 0 Å². The maximum atomic E-state index is 11.4. The summed E-state index contributed by atoms with van der Waals surface area (Å²) in [5.41, 5.74) is 6.41. The monoisotopic (exact) mass is 273 g/mol. The number of carbonyl (C=O) groups is 1. The zero-order valence-corrected chi connectivity index (χ0v) is 14.9. The highest BCUT2D eigenvalue weighted by molar-refractivity contribution is 6.73. The molecule has 100 valence electrons. The molecule has 0 aromatic heterocycles. The van der Waals surface area contributed by atoms with E-state index in [2.05, 4.69) is 27.7 Å². The molecule has 0 rings (SSSR count). The normalized spacial score (nSPS) is 14.7. The summed E-state index contributed by atoms with van der Waals surface area (Å²) in [6.07, 6.45) is 2.65. The lowest BCUT2D eigenvalue weighted by atomic mass is 10.1. The Kier molecular flexibility index (Phi) is 7.46. The zero-order chi connectivity index (χ0) is 13.5. The molecular weight excluding hydrogens is 246 g/mol. The molecule has 0 saturated heterocycles. The van der Waals surface area contributed by atoms with E-state index in [0.29, 0.717) is 11.1 Å². The van der Waals surface area contributed by atoms with E-state index in [1.165, 1.54) is 0 Å². The number of carbonyl (C=O) groups excluding carboxylic acids is 1. The maximum Gasteiger partial charge on any atom is 0.249 e. The van der Waals surface area contributed by atoms with Gasteiger partial charge in [-0.1, -0.05) is 34.1 Å². The Bertz CT molecular complexity index is 267. The van der Waals surface area contributed by atoms with Crippen LogP contribution in [0.2, 0.25) is 23.7 Å². The summed E-state index contributed by atoms with van der Waals surface area (Å²) in [6, 6.07) is 3.25. The van der Waals surface area contributed by atoms with E-state index in [-0.39, 0.29) is 5.91 Å². The summed E-state index contributed by atoms with van der Waals surface area (Å²) in [7, 11) is -0.711. The van der Waals surface area contributed by atoms with Gasteiger partial charge in [0.05, 0.1) is 6.26 Å². The Morgan fingerprint density at radius 3 is 2.06 bits per heavy atom. The van der Waals surface area contributed by atoms with Gasteiger partial charge in [0.1, 0.15) is 0 Å². The average Bonchev–Trinajstić information content (AvgIpc) is 2.34. The fourth-order valence-corrected chi connectivity index (χ4v) is 4.62. The molecule has 0 aliphatic carbocycles. The number of amides is 1. The Hall–Kier alpha value is -0.556. The van der Waals surface area contributed by atoms with Gasteiger partial charge in [0, 0.05) is 15.8 Å². The van der Waals surface area contributed by atoms with Gasteiger partial charge < -0.3 is 10.2 Å². The second-order valence-corrected chi connectivity index (χ2v) is 10.7. The molecule has 0 aliphatic heterocycles. The van der Waals surface area contributed by atoms with Crippen molar-refractivity contribution < 1.29 is 9.22 Å². The zero-order valence-electron chi connectivity index (χ0n) is 11.9. The first-order chi connectivity index (χ1) is 7.96. The molecule has 2 N–H and O–H groups in total. The van der Waals surface area contributed by atoms with Gasteiger partial charge in [0.15, 0.2) is 0 Å². The molecule has 0 aliphatic rings. The first kappa shape index (κ1) is 16.4. The van der Waals surface area contributed by atoms with Gasteiger partial charge in [-0.2, -0.15) is 0 Å². The SMILES string of the molecule is CCC([SiH3])C(=CO[Si](CC)(CC)CC)C(N)=O. The molecule has 5 heteroatoms. The van der Waals surface area contributed by atoms with Crippen molar-refractivity contribution >= 4 is 24.5 Å². The van der Waals surface area contributed by atoms with Crippen LogP contribution < -0.4 is 5.73 Å². The highest BCUT2D eigenvalue weighted by atomic mass is 28.4. The third kappa shape index (κ3) is 4.67. The summed E-state index contributed by atoms with van der Waals surface area (Å²) < 4.78 is 6.02. The lowest BCUT2D eigenvalue weighted by molar-refractivity contribution is -0.114. The maximum absolute atomic E-state index is 11.4. The van der Waals surface area contributed by atoms with Crippen LogP contribution in [0.4, 0.5) is 0 Å². The minimum absolute atomic E-state index is 0.310. The van der Waals surface area contributed by atoms with Crippen LogP contribution in [0.5, 0.6) is 0 Å². The smallest absolute Gasteiger partial charge is 0.249 e. The minimum atomic E-state index is -1.65. The van der Waals surface area contributed by atoms with E-state index in [9.17, 15) is 4.79 Å². The molecule has 0 fully saturated rings. The summed E-state index contributed by atoms with van der Waals surface area (Å²) in [6.45, 7) is 8.61. The molecular formula is C12H27NO2Si2. The van der Waals surface area contributed by atoms with Crippen molar-refractivity contribution in [3.8, 4) is 0 Å². The van der Waals surface area contributed by atoms with E-state index in [4.69, 9.17) is 10.2 Å². The van der Waals surface area contributed by atoms with Gasteiger partial charge in [-0.25, -0.2) is 0 Å². The third-order valence-electron chi connectivity index (χ3n) is 3.80. The van der Waals surface area contributed by atoms with Crippen LogP contribution in [0.1, 0.15) is 34.1 Å². The molecule has 0 saturated carbocycles. The van der Waals surface area contributed by atoms with Crippen LogP contribution in [0.15, 0.2) is 11.8 Å². The summed E-state index contributed by atoms with van der Waals surface area (Å²) >= 11 is 0.